The fourth-order valence-corrected chi connectivity index (χ4v) is 1.48. The number of nitrogens with one attached hydrogen (secondary N) is 1. The van der Waals surface area contributed by atoms with Crippen molar-refractivity contribution in [2.24, 2.45) is 5.10 Å². The van der Waals surface area contributed by atoms with E-state index in [1.54, 1.807) is 24.7 Å². The lowest BCUT2D eigenvalue weighted by molar-refractivity contribution is 0.963. The molecule has 0 saturated carbocycles. The van der Waals surface area contributed by atoms with Crippen LogP contribution in [0.1, 0.15) is 5.69 Å². The normalized spacial score (nSPS) is 10.6. The molecule has 2 heterocycles. The van der Waals surface area contributed by atoms with Crippen molar-refractivity contribution in [2.75, 3.05) is 11.7 Å². The third kappa shape index (κ3) is 3.53. The summed E-state index contributed by atoms with van der Waals surface area (Å²) >= 11 is 1.50. The first-order chi connectivity index (χ1) is 8.38. The molecule has 0 bridgehead atoms. The fourth-order valence-electron chi connectivity index (χ4n) is 1.12. The van der Waals surface area contributed by atoms with Gasteiger partial charge >= 0.3 is 0 Å². The van der Waals surface area contributed by atoms with Gasteiger partial charge in [-0.3, -0.25) is 5.43 Å². The van der Waals surface area contributed by atoms with Gasteiger partial charge in [0, 0.05) is 12.4 Å². The van der Waals surface area contributed by atoms with Crippen LogP contribution in [0.2, 0.25) is 0 Å². The van der Waals surface area contributed by atoms with E-state index in [0.717, 1.165) is 10.9 Å². The molecule has 0 atom stereocenters. The second-order valence-corrected chi connectivity index (χ2v) is 3.83. The number of hydrogen-bond donors (Lipinski definition) is 1. The van der Waals surface area contributed by atoms with Crippen LogP contribution in [0, 0.1) is 0 Å². The Balaban J connectivity index is 2.00. The Labute approximate surface area is 103 Å². The Bertz CT molecular complexity index is 500. The predicted octanol–water partition coefficient (Wildman–Crippen LogP) is 2.04. The maximum Gasteiger partial charge on any atom is 0.187 e. The molecule has 0 aliphatic rings. The monoisotopic (exact) mass is 245 g/mol. The number of pyridine rings is 1. The second-order valence-electron chi connectivity index (χ2n) is 3.05. The van der Waals surface area contributed by atoms with Crippen molar-refractivity contribution in [1.29, 1.82) is 0 Å². The molecular formula is C11H11N5S. The molecule has 0 amide bonds. The molecule has 17 heavy (non-hydrogen) atoms. The zero-order chi connectivity index (χ0) is 11.9. The molecule has 0 spiro atoms. The van der Waals surface area contributed by atoms with Gasteiger partial charge in [0.25, 0.3) is 0 Å². The van der Waals surface area contributed by atoms with Gasteiger partial charge in [-0.1, -0.05) is 17.8 Å². The molecule has 0 radical (unpaired) electrons. The Hall–Kier alpha value is -1.95. The van der Waals surface area contributed by atoms with Gasteiger partial charge in [-0.15, -0.1) is 0 Å². The number of hydrogen-bond acceptors (Lipinski definition) is 6. The van der Waals surface area contributed by atoms with Gasteiger partial charge in [0.05, 0.1) is 11.9 Å². The van der Waals surface area contributed by atoms with E-state index in [2.05, 4.69) is 25.5 Å². The smallest absolute Gasteiger partial charge is 0.187 e. The molecular weight excluding hydrogens is 234 g/mol. The first-order valence-electron chi connectivity index (χ1n) is 4.95. The molecule has 0 aromatic carbocycles. The lowest BCUT2D eigenvalue weighted by Crippen LogP contribution is -1.95. The maximum atomic E-state index is 4.26. The van der Waals surface area contributed by atoms with Crippen molar-refractivity contribution in [1.82, 2.24) is 15.0 Å². The number of anilines is 1. The van der Waals surface area contributed by atoms with E-state index in [9.17, 15) is 0 Å². The third-order valence-electron chi connectivity index (χ3n) is 1.88. The largest absolute Gasteiger partial charge is 0.261 e. The Kier molecular flexibility index (Phi) is 4.04. The summed E-state index contributed by atoms with van der Waals surface area (Å²) in [5, 5.41) is 4.78. The van der Waals surface area contributed by atoms with Crippen LogP contribution in [-0.4, -0.2) is 27.4 Å². The number of thioether (sulfide) groups is 1. The van der Waals surface area contributed by atoms with Crippen LogP contribution in [0.4, 0.5) is 5.82 Å². The molecule has 6 heteroatoms. The van der Waals surface area contributed by atoms with Crippen molar-refractivity contribution >= 4 is 23.8 Å². The molecule has 0 aliphatic carbocycles. The molecule has 86 valence electrons. The highest BCUT2D eigenvalue weighted by Gasteiger charge is 1.94. The summed E-state index contributed by atoms with van der Waals surface area (Å²) in [5.74, 6) is 0.697. The van der Waals surface area contributed by atoms with Crippen LogP contribution < -0.4 is 5.43 Å². The van der Waals surface area contributed by atoms with Crippen LogP contribution in [0.25, 0.3) is 0 Å². The van der Waals surface area contributed by atoms with E-state index >= 15 is 0 Å². The maximum absolute atomic E-state index is 4.26. The van der Waals surface area contributed by atoms with Crippen molar-refractivity contribution in [3.05, 3.63) is 42.4 Å². The van der Waals surface area contributed by atoms with Gasteiger partial charge in [-0.05, 0) is 24.5 Å². The third-order valence-corrected chi connectivity index (χ3v) is 2.44. The minimum Gasteiger partial charge on any atom is -0.261 e. The lowest BCUT2D eigenvalue weighted by atomic mass is 10.4. The predicted molar refractivity (Wildman–Crippen MR) is 69.3 cm³/mol. The minimum atomic E-state index is 0.697. The molecule has 2 aromatic rings. The molecule has 0 saturated heterocycles. The molecule has 2 rings (SSSR count). The Morgan fingerprint density at radius 1 is 1.24 bits per heavy atom. The van der Waals surface area contributed by atoms with Gasteiger partial charge in [-0.2, -0.15) is 5.10 Å². The first kappa shape index (κ1) is 11.5. The average molecular weight is 245 g/mol. The summed E-state index contributed by atoms with van der Waals surface area (Å²) in [7, 11) is 0. The molecule has 2 aromatic heterocycles. The van der Waals surface area contributed by atoms with E-state index in [1.807, 2.05) is 24.5 Å². The van der Waals surface area contributed by atoms with Gasteiger partial charge < -0.3 is 0 Å². The number of aromatic nitrogens is 3. The van der Waals surface area contributed by atoms with Crippen LogP contribution in [0.15, 0.2) is 46.9 Å². The van der Waals surface area contributed by atoms with Gasteiger partial charge in [-0.25, -0.2) is 15.0 Å². The second kappa shape index (κ2) is 5.95. The summed E-state index contributed by atoms with van der Waals surface area (Å²) in [5.41, 5.74) is 3.58. The summed E-state index contributed by atoms with van der Waals surface area (Å²) in [6, 6.07) is 7.37. The van der Waals surface area contributed by atoms with Crippen LogP contribution in [0.3, 0.4) is 0 Å². The highest BCUT2D eigenvalue weighted by atomic mass is 32.2. The number of hydrazone groups is 1. The Morgan fingerprint density at radius 3 is 2.94 bits per heavy atom. The standard InChI is InChI=1S/C11H11N5S/c1-17-11-13-7-5-9(15-11)8-14-16-10-4-2-3-6-12-10/h2-8H,1H3,(H,12,16)/b14-8+. The van der Waals surface area contributed by atoms with Crippen LogP contribution in [0.5, 0.6) is 0 Å². The van der Waals surface area contributed by atoms with Gasteiger partial charge in [0.2, 0.25) is 0 Å². The zero-order valence-electron chi connectivity index (χ0n) is 9.24. The minimum absolute atomic E-state index is 0.697. The average Bonchev–Trinajstić information content (AvgIpc) is 2.40. The lowest BCUT2D eigenvalue weighted by Gasteiger charge is -1.98. The highest BCUT2D eigenvalue weighted by molar-refractivity contribution is 7.98. The van der Waals surface area contributed by atoms with Crippen molar-refractivity contribution < 1.29 is 0 Å². The van der Waals surface area contributed by atoms with E-state index in [4.69, 9.17) is 0 Å². The zero-order valence-corrected chi connectivity index (χ0v) is 10.1. The molecule has 1 N–H and O–H groups in total. The van der Waals surface area contributed by atoms with E-state index in [1.165, 1.54) is 11.8 Å². The SMILES string of the molecule is CSc1nccc(/C=N/Nc2ccccn2)n1. The van der Waals surface area contributed by atoms with Crippen LogP contribution in [-0.2, 0) is 0 Å². The van der Waals surface area contributed by atoms with Crippen molar-refractivity contribution in [3.8, 4) is 0 Å². The summed E-state index contributed by atoms with van der Waals surface area (Å²) in [4.78, 5) is 12.4. The quantitative estimate of drug-likeness (QED) is 0.386. The molecule has 5 nitrogen and oxygen atoms in total. The van der Waals surface area contributed by atoms with E-state index < -0.39 is 0 Å². The van der Waals surface area contributed by atoms with E-state index in [-0.39, 0.29) is 0 Å². The molecule has 0 unspecified atom stereocenters. The Morgan fingerprint density at radius 2 is 2.18 bits per heavy atom. The van der Waals surface area contributed by atoms with Crippen LogP contribution >= 0.6 is 11.8 Å². The fraction of sp³-hybridized carbons (Fsp3) is 0.0909. The first-order valence-corrected chi connectivity index (χ1v) is 6.18. The summed E-state index contributed by atoms with van der Waals surface area (Å²) in [6.07, 6.45) is 6.98. The highest BCUT2D eigenvalue weighted by Crippen LogP contribution is 2.06. The number of nitrogens with zero attached hydrogens (tertiary/aromatic N) is 4. The van der Waals surface area contributed by atoms with Crippen molar-refractivity contribution in [2.45, 2.75) is 5.16 Å². The van der Waals surface area contributed by atoms with Gasteiger partial charge in [0.1, 0.15) is 5.82 Å². The number of rotatable bonds is 4. The van der Waals surface area contributed by atoms with E-state index in [0.29, 0.717) is 5.82 Å². The molecule has 0 fully saturated rings. The summed E-state index contributed by atoms with van der Waals surface area (Å²) < 4.78 is 0. The topological polar surface area (TPSA) is 63.1 Å². The molecule has 0 aliphatic heterocycles. The van der Waals surface area contributed by atoms with Gasteiger partial charge in [0.15, 0.2) is 5.16 Å². The summed E-state index contributed by atoms with van der Waals surface area (Å²) in [6.45, 7) is 0. The van der Waals surface area contributed by atoms with Crippen molar-refractivity contribution in [3.63, 3.8) is 0 Å².